The molecule has 0 aliphatic rings. The van der Waals surface area contributed by atoms with Gasteiger partial charge in [0.05, 0.1) is 19.9 Å². The van der Waals surface area contributed by atoms with E-state index in [-0.39, 0.29) is 6.04 Å². The Kier molecular flexibility index (Phi) is 4.90. The molecule has 1 aromatic carbocycles. The third kappa shape index (κ3) is 3.45. The zero-order valence-electron chi connectivity index (χ0n) is 12.0. The smallest absolute Gasteiger partial charge is 0.161 e. The molecule has 0 bridgehead atoms. The molecule has 0 saturated heterocycles. The Morgan fingerprint density at radius 2 is 1.95 bits per heavy atom. The molecule has 0 amide bonds. The van der Waals surface area contributed by atoms with Crippen LogP contribution in [0.1, 0.15) is 24.2 Å². The summed E-state index contributed by atoms with van der Waals surface area (Å²) in [5, 5.41) is 11.3. The second-order valence-corrected chi connectivity index (χ2v) is 4.43. The van der Waals surface area contributed by atoms with Crippen LogP contribution in [0.15, 0.2) is 36.5 Å². The molecule has 0 spiro atoms. The second kappa shape index (κ2) is 6.86. The maximum Gasteiger partial charge on any atom is 0.161 e. The largest absolute Gasteiger partial charge is 0.493 e. The van der Waals surface area contributed by atoms with Crippen LogP contribution in [0, 0.1) is 0 Å². The second-order valence-electron chi connectivity index (χ2n) is 4.43. The molecule has 0 aliphatic carbocycles. The van der Waals surface area contributed by atoms with E-state index in [0.29, 0.717) is 6.54 Å². The summed E-state index contributed by atoms with van der Waals surface area (Å²) in [6, 6.07) is 9.92. The first-order valence-electron chi connectivity index (χ1n) is 6.46. The topological polar surface area (TPSA) is 56.3 Å². The molecule has 0 fully saturated rings. The number of hydrogen-bond acceptors (Lipinski definition) is 5. The average molecular weight is 273 g/mol. The number of rotatable bonds is 6. The van der Waals surface area contributed by atoms with Gasteiger partial charge in [0.25, 0.3) is 0 Å². The van der Waals surface area contributed by atoms with Crippen molar-refractivity contribution in [1.82, 2.24) is 15.5 Å². The van der Waals surface area contributed by atoms with Crippen LogP contribution in [0.4, 0.5) is 0 Å². The SMILES string of the molecule is COc1ccc(C(C)NCc2cccnn2)cc1OC. The van der Waals surface area contributed by atoms with E-state index in [4.69, 9.17) is 9.47 Å². The van der Waals surface area contributed by atoms with Gasteiger partial charge in [0, 0.05) is 18.8 Å². The third-order valence-corrected chi connectivity index (χ3v) is 3.12. The predicted octanol–water partition coefficient (Wildman–Crippen LogP) is 2.34. The quantitative estimate of drug-likeness (QED) is 0.875. The van der Waals surface area contributed by atoms with Gasteiger partial charge in [-0.15, -0.1) is 0 Å². The Bertz CT molecular complexity index is 546. The minimum absolute atomic E-state index is 0.178. The Balaban J connectivity index is 2.03. The fourth-order valence-electron chi connectivity index (χ4n) is 1.93. The molecule has 1 atom stereocenters. The van der Waals surface area contributed by atoms with Crippen molar-refractivity contribution in [3.05, 3.63) is 47.8 Å². The minimum atomic E-state index is 0.178. The van der Waals surface area contributed by atoms with E-state index in [1.807, 2.05) is 30.3 Å². The van der Waals surface area contributed by atoms with Crippen LogP contribution in [-0.4, -0.2) is 24.4 Å². The van der Waals surface area contributed by atoms with E-state index in [0.717, 1.165) is 22.8 Å². The van der Waals surface area contributed by atoms with Crippen molar-refractivity contribution in [2.24, 2.45) is 0 Å². The van der Waals surface area contributed by atoms with E-state index < -0.39 is 0 Å². The number of ether oxygens (including phenoxy) is 2. The van der Waals surface area contributed by atoms with Gasteiger partial charge < -0.3 is 14.8 Å². The molecule has 1 N–H and O–H groups in total. The number of benzene rings is 1. The van der Waals surface area contributed by atoms with Crippen molar-refractivity contribution in [3.63, 3.8) is 0 Å². The minimum Gasteiger partial charge on any atom is -0.493 e. The molecule has 5 nitrogen and oxygen atoms in total. The van der Waals surface area contributed by atoms with E-state index in [2.05, 4.69) is 22.4 Å². The van der Waals surface area contributed by atoms with Gasteiger partial charge in [-0.05, 0) is 36.8 Å². The molecule has 106 valence electrons. The molecular formula is C15H19N3O2. The van der Waals surface area contributed by atoms with E-state index >= 15 is 0 Å². The summed E-state index contributed by atoms with van der Waals surface area (Å²) in [6.45, 7) is 2.76. The van der Waals surface area contributed by atoms with Crippen LogP contribution in [0.2, 0.25) is 0 Å². The van der Waals surface area contributed by atoms with Crippen LogP contribution in [-0.2, 0) is 6.54 Å². The molecule has 0 aliphatic heterocycles. The van der Waals surface area contributed by atoms with Gasteiger partial charge in [-0.2, -0.15) is 10.2 Å². The van der Waals surface area contributed by atoms with Gasteiger partial charge in [-0.25, -0.2) is 0 Å². The normalized spacial score (nSPS) is 11.9. The van der Waals surface area contributed by atoms with Crippen LogP contribution in [0.3, 0.4) is 0 Å². The van der Waals surface area contributed by atoms with E-state index in [1.54, 1.807) is 20.4 Å². The van der Waals surface area contributed by atoms with Crippen molar-refractivity contribution < 1.29 is 9.47 Å². The third-order valence-electron chi connectivity index (χ3n) is 3.12. The first kappa shape index (κ1) is 14.3. The number of hydrogen-bond donors (Lipinski definition) is 1. The maximum atomic E-state index is 5.31. The molecule has 1 heterocycles. The monoisotopic (exact) mass is 273 g/mol. The van der Waals surface area contributed by atoms with Crippen LogP contribution >= 0.6 is 0 Å². The molecule has 5 heteroatoms. The van der Waals surface area contributed by atoms with Crippen LogP contribution in [0.25, 0.3) is 0 Å². The highest BCUT2D eigenvalue weighted by atomic mass is 16.5. The summed E-state index contributed by atoms with van der Waals surface area (Å²) in [5.74, 6) is 1.47. The highest BCUT2D eigenvalue weighted by Crippen LogP contribution is 2.29. The molecule has 1 unspecified atom stereocenters. The fraction of sp³-hybridized carbons (Fsp3) is 0.333. The van der Waals surface area contributed by atoms with Crippen LogP contribution < -0.4 is 14.8 Å². The molecule has 0 radical (unpaired) electrons. The van der Waals surface area contributed by atoms with Gasteiger partial charge >= 0.3 is 0 Å². The molecule has 2 aromatic rings. The standard InChI is InChI=1S/C15H19N3O2/c1-11(16-10-13-5-4-8-17-18-13)12-6-7-14(19-2)15(9-12)20-3/h4-9,11,16H,10H2,1-3H3. The van der Waals surface area contributed by atoms with Gasteiger partial charge in [0.1, 0.15) is 0 Å². The Hall–Kier alpha value is -2.14. The van der Waals surface area contributed by atoms with Crippen molar-refractivity contribution in [2.45, 2.75) is 19.5 Å². The van der Waals surface area contributed by atoms with Crippen LogP contribution in [0.5, 0.6) is 11.5 Å². The number of aromatic nitrogens is 2. The zero-order chi connectivity index (χ0) is 14.4. The Morgan fingerprint density at radius 3 is 2.60 bits per heavy atom. The van der Waals surface area contributed by atoms with Gasteiger partial charge in [0.2, 0.25) is 0 Å². The molecule has 2 rings (SSSR count). The van der Waals surface area contributed by atoms with Crippen molar-refractivity contribution in [1.29, 1.82) is 0 Å². The number of methoxy groups -OCH3 is 2. The molecule has 20 heavy (non-hydrogen) atoms. The number of nitrogens with one attached hydrogen (secondary N) is 1. The molecule has 1 aromatic heterocycles. The van der Waals surface area contributed by atoms with Gasteiger partial charge in [-0.3, -0.25) is 0 Å². The summed E-state index contributed by atoms with van der Waals surface area (Å²) in [5.41, 5.74) is 2.05. The Morgan fingerprint density at radius 1 is 1.15 bits per heavy atom. The van der Waals surface area contributed by atoms with Gasteiger partial charge in [-0.1, -0.05) is 6.07 Å². The lowest BCUT2D eigenvalue weighted by Gasteiger charge is -2.16. The average Bonchev–Trinajstić information content (AvgIpc) is 2.52. The highest BCUT2D eigenvalue weighted by molar-refractivity contribution is 5.43. The van der Waals surface area contributed by atoms with E-state index in [1.165, 1.54) is 0 Å². The predicted molar refractivity (Wildman–Crippen MR) is 76.8 cm³/mol. The lowest BCUT2D eigenvalue weighted by molar-refractivity contribution is 0.354. The summed E-state index contributed by atoms with van der Waals surface area (Å²) >= 11 is 0. The number of nitrogens with zero attached hydrogens (tertiary/aromatic N) is 2. The van der Waals surface area contributed by atoms with Crippen molar-refractivity contribution >= 4 is 0 Å². The molecular weight excluding hydrogens is 254 g/mol. The summed E-state index contributed by atoms with van der Waals surface area (Å²) < 4.78 is 10.6. The van der Waals surface area contributed by atoms with Gasteiger partial charge in [0.15, 0.2) is 11.5 Å². The lowest BCUT2D eigenvalue weighted by atomic mass is 10.1. The van der Waals surface area contributed by atoms with Crippen molar-refractivity contribution in [3.8, 4) is 11.5 Å². The highest BCUT2D eigenvalue weighted by Gasteiger charge is 2.10. The first-order valence-corrected chi connectivity index (χ1v) is 6.46. The first-order chi connectivity index (χ1) is 9.74. The zero-order valence-corrected chi connectivity index (χ0v) is 12.0. The van der Waals surface area contributed by atoms with E-state index in [9.17, 15) is 0 Å². The Labute approximate surface area is 118 Å². The summed E-state index contributed by atoms with van der Waals surface area (Å²) in [6.07, 6.45) is 1.67. The summed E-state index contributed by atoms with van der Waals surface area (Å²) in [4.78, 5) is 0. The molecule has 0 saturated carbocycles. The lowest BCUT2D eigenvalue weighted by Crippen LogP contribution is -2.19. The fourth-order valence-corrected chi connectivity index (χ4v) is 1.93. The maximum absolute atomic E-state index is 5.31. The van der Waals surface area contributed by atoms with Crippen molar-refractivity contribution in [2.75, 3.05) is 14.2 Å². The summed E-state index contributed by atoms with van der Waals surface area (Å²) in [7, 11) is 3.27.